The van der Waals surface area contributed by atoms with E-state index in [2.05, 4.69) is 14.8 Å². The lowest BCUT2D eigenvalue weighted by Gasteiger charge is -2.70. The average Bonchev–Trinajstić information content (AvgIpc) is 3.16. The highest BCUT2D eigenvalue weighted by molar-refractivity contribution is 7.88. The van der Waals surface area contributed by atoms with E-state index in [0.717, 1.165) is 62.3 Å². The van der Waals surface area contributed by atoms with Crippen molar-refractivity contribution in [1.29, 1.82) is 0 Å². The fourth-order valence-electron chi connectivity index (χ4n) is 5.37. The number of aromatic nitrogens is 3. The molecule has 4 fully saturated rings. The number of ether oxygens (including phenoxy) is 2. The fraction of sp³-hybridized carbons (Fsp3) is 0.619. The number of nitrogens with zero attached hydrogens (tertiary/aromatic N) is 3. The first kappa shape index (κ1) is 20.0. The molecule has 3 saturated carbocycles. The van der Waals surface area contributed by atoms with E-state index in [9.17, 15) is 8.42 Å². The van der Waals surface area contributed by atoms with Gasteiger partial charge in [0.1, 0.15) is 5.75 Å². The van der Waals surface area contributed by atoms with Gasteiger partial charge in [-0.05, 0) is 62.1 Å². The Morgan fingerprint density at radius 3 is 2.73 bits per heavy atom. The minimum Gasteiger partial charge on any atom is -0.491 e. The first-order chi connectivity index (χ1) is 14.4. The lowest BCUT2D eigenvalue weighted by atomic mass is 9.35. The van der Waals surface area contributed by atoms with Gasteiger partial charge in [-0.3, -0.25) is 4.98 Å². The zero-order valence-electron chi connectivity index (χ0n) is 17.2. The van der Waals surface area contributed by atoms with Crippen molar-refractivity contribution >= 4 is 10.0 Å². The van der Waals surface area contributed by atoms with Crippen LogP contribution in [0.3, 0.4) is 0 Å². The van der Waals surface area contributed by atoms with Crippen LogP contribution in [0.15, 0.2) is 30.6 Å². The number of nitrogens with one attached hydrogen (secondary N) is 1. The minimum atomic E-state index is -3.12. The number of hydrogen-bond acceptors (Lipinski definition) is 6. The molecule has 0 radical (unpaired) electrons. The summed E-state index contributed by atoms with van der Waals surface area (Å²) in [5.74, 6) is 0.756. The van der Waals surface area contributed by atoms with Crippen LogP contribution in [0.4, 0.5) is 0 Å². The monoisotopic (exact) mass is 432 g/mol. The number of hydrogen-bond donors (Lipinski definition) is 1. The van der Waals surface area contributed by atoms with E-state index in [1.807, 2.05) is 22.9 Å². The summed E-state index contributed by atoms with van der Waals surface area (Å²) in [6.07, 6.45) is 11.0. The fourth-order valence-corrected chi connectivity index (χ4v) is 5.94. The van der Waals surface area contributed by atoms with Crippen LogP contribution in [0.5, 0.6) is 5.75 Å². The van der Waals surface area contributed by atoms with Gasteiger partial charge in [0.25, 0.3) is 0 Å². The Kier molecular flexibility index (Phi) is 4.87. The van der Waals surface area contributed by atoms with Gasteiger partial charge in [0.2, 0.25) is 10.0 Å². The molecule has 1 unspecified atom stereocenters. The molecule has 8 nitrogen and oxygen atoms in total. The molecule has 162 valence electrons. The molecule has 0 aromatic carbocycles. The predicted molar refractivity (Wildman–Crippen MR) is 111 cm³/mol. The first-order valence-corrected chi connectivity index (χ1v) is 12.4. The van der Waals surface area contributed by atoms with Gasteiger partial charge in [-0.2, -0.15) is 5.10 Å². The molecule has 6 rings (SSSR count). The van der Waals surface area contributed by atoms with Crippen LogP contribution in [-0.2, 0) is 14.8 Å². The van der Waals surface area contributed by atoms with Crippen LogP contribution in [-0.4, -0.2) is 49.2 Å². The first-order valence-electron chi connectivity index (χ1n) is 10.5. The van der Waals surface area contributed by atoms with E-state index in [1.165, 1.54) is 6.26 Å². The molecule has 4 aliphatic rings. The van der Waals surface area contributed by atoms with Gasteiger partial charge in [0, 0.05) is 24.8 Å². The zero-order chi connectivity index (χ0) is 20.8. The Morgan fingerprint density at radius 2 is 2.07 bits per heavy atom. The largest absolute Gasteiger partial charge is 0.491 e. The summed E-state index contributed by atoms with van der Waals surface area (Å²) in [4.78, 5) is 4.59. The van der Waals surface area contributed by atoms with Crippen molar-refractivity contribution in [3.05, 3.63) is 30.6 Å². The van der Waals surface area contributed by atoms with Crippen molar-refractivity contribution in [2.24, 2.45) is 10.8 Å². The number of sulfonamides is 1. The number of rotatable bonds is 8. The predicted octanol–water partition coefficient (Wildman–Crippen LogP) is 2.74. The van der Waals surface area contributed by atoms with E-state index in [0.29, 0.717) is 13.2 Å². The average molecular weight is 433 g/mol. The maximum Gasteiger partial charge on any atom is 0.208 e. The second kappa shape index (κ2) is 7.32. The quantitative estimate of drug-likeness (QED) is 0.689. The Balaban J connectivity index is 1.16. The van der Waals surface area contributed by atoms with Crippen molar-refractivity contribution in [3.63, 3.8) is 0 Å². The SMILES string of the molecule is CS(=O)(=O)NCC12CC(COc3ccc(-c4ccnn4C4CCCCO4)nc3)(C1)C2. The second-order valence-electron chi connectivity index (χ2n) is 9.27. The van der Waals surface area contributed by atoms with Crippen LogP contribution < -0.4 is 9.46 Å². The van der Waals surface area contributed by atoms with Crippen LogP contribution >= 0.6 is 0 Å². The molecule has 1 saturated heterocycles. The third-order valence-electron chi connectivity index (χ3n) is 6.60. The zero-order valence-corrected chi connectivity index (χ0v) is 18.0. The van der Waals surface area contributed by atoms with Gasteiger partial charge >= 0.3 is 0 Å². The summed E-state index contributed by atoms with van der Waals surface area (Å²) < 4.78 is 39.0. The van der Waals surface area contributed by atoms with Crippen LogP contribution in [0, 0.1) is 10.8 Å². The summed E-state index contributed by atoms with van der Waals surface area (Å²) >= 11 is 0. The highest BCUT2D eigenvalue weighted by atomic mass is 32.2. The molecule has 2 aromatic heterocycles. The second-order valence-corrected chi connectivity index (χ2v) is 11.1. The highest BCUT2D eigenvalue weighted by Gasteiger charge is 2.67. The molecule has 3 heterocycles. The van der Waals surface area contributed by atoms with E-state index in [-0.39, 0.29) is 17.1 Å². The lowest BCUT2D eigenvalue weighted by molar-refractivity contribution is -0.213. The maximum absolute atomic E-state index is 11.3. The maximum atomic E-state index is 11.3. The molecule has 3 aliphatic carbocycles. The Labute approximate surface area is 177 Å². The molecular formula is C21H28N4O4S. The number of pyridine rings is 1. The van der Waals surface area contributed by atoms with Gasteiger partial charge < -0.3 is 9.47 Å². The summed E-state index contributed by atoms with van der Waals surface area (Å²) in [7, 11) is -3.12. The molecule has 0 amide bonds. The van der Waals surface area contributed by atoms with Gasteiger partial charge in [-0.25, -0.2) is 17.8 Å². The van der Waals surface area contributed by atoms with Crippen LogP contribution in [0.1, 0.15) is 44.8 Å². The molecule has 30 heavy (non-hydrogen) atoms. The lowest BCUT2D eigenvalue weighted by Crippen LogP contribution is -2.67. The van der Waals surface area contributed by atoms with Crippen molar-refractivity contribution in [1.82, 2.24) is 19.5 Å². The van der Waals surface area contributed by atoms with Crippen LogP contribution in [0.2, 0.25) is 0 Å². The summed E-state index contributed by atoms with van der Waals surface area (Å²) in [6, 6.07) is 5.88. The standard InChI is InChI=1S/C21H28N4O4S/c1-30(26,27)24-14-20-11-21(12-20,13-20)15-29-16-5-6-17(22-10-16)18-7-8-23-25(18)19-4-2-3-9-28-19/h5-8,10,19,24H,2-4,9,11-15H2,1H3. The molecule has 2 aromatic rings. The normalized spacial score (nSPS) is 30.4. The molecule has 9 heteroatoms. The minimum absolute atomic E-state index is 0.0183. The van der Waals surface area contributed by atoms with Gasteiger partial charge in [0.15, 0.2) is 6.23 Å². The topological polar surface area (TPSA) is 95.3 Å². The molecule has 1 N–H and O–H groups in total. The molecule has 2 bridgehead atoms. The molecule has 0 spiro atoms. The van der Waals surface area contributed by atoms with Gasteiger partial charge in [-0.15, -0.1) is 0 Å². The molecular weight excluding hydrogens is 404 g/mol. The Hall–Kier alpha value is -1.97. The van der Waals surface area contributed by atoms with Crippen LogP contribution in [0.25, 0.3) is 11.4 Å². The summed E-state index contributed by atoms with van der Waals surface area (Å²) in [5.41, 5.74) is 2.15. The van der Waals surface area contributed by atoms with E-state index in [4.69, 9.17) is 9.47 Å². The summed E-state index contributed by atoms with van der Waals surface area (Å²) in [6.45, 7) is 1.97. The van der Waals surface area contributed by atoms with Gasteiger partial charge in [-0.1, -0.05) is 0 Å². The van der Waals surface area contributed by atoms with E-state index >= 15 is 0 Å². The summed E-state index contributed by atoms with van der Waals surface area (Å²) in [5, 5.41) is 4.45. The third kappa shape index (κ3) is 3.86. The van der Waals surface area contributed by atoms with Gasteiger partial charge in [0.05, 0.1) is 30.4 Å². The van der Waals surface area contributed by atoms with Crippen molar-refractivity contribution in [2.45, 2.75) is 44.8 Å². The smallest absolute Gasteiger partial charge is 0.208 e. The van der Waals surface area contributed by atoms with Crippen molar-refractivity contribution < 1.29 is 17.9 Å². The Bertz CT molecular complexity index is 992. The highest BCUT2D eigenvalue weighted by Crippen LogP contribution is 2.72. The molecule has 1 atom stereocenters. The van der Waals surface area contributed by atoms with Crippen molar-refractivity contribution in [2.75, 3.05) is 26.0 Å². The van der Waals surface area contributed by atoms with E-state index in [1.54, 1.807) is 12.4 Å². The van der Waals surface area contributed by atoms with E-state index < -0.39 is 10.0 Å². The van der Waals surface area contributed by atoms with Crippen molar-refractivity contribution in [3.8, 4) is 17.1 Å². The third-order valence-corrected chi connectivity index (χ3v) is 7.27. The Morgan fingerprint density at radius 1 is 1.23 bits per heavy atom. The molecule has 1 aliphatic heterocycles.